The van der Waals surface area contributed by atoms with Gasteiger partial charge in [0.25, 0.3) is 5.69 Å². The van der Waals surface area contributed by atoms with E-state index in [1.807, 2.05) is 0 Å². The molecule has 0 unspecified atom stereocenters. The Morgan fingerprint density at radius 1 is 1.32 bits per heavy atom. The number of rotatable bonds is 6. The molecule has 0 atom stereocenters. The molecule has 1 N–H and O–H groups in total. The molecule has 9 heteroatoms. The van der Waals surface area contributed by atoms with Gasteiger partial charge in [0.15, 0.2) is 0 Å². The number of nitrogens with zero attached hydrogens (tertiary/aromatic N) is 3. The van der Waals surface area contributed by atoms with Gasteiger partial charge >= 0.3 is 0 Å². The summed E-state index contributed by atoms with van der Waals surface area (Å²) in [6.07, 6.45) is 5.94. The van der Waals surface area contributed by atoms with Crippen LogP contribution in [0.3, 0.4) is 0 Å². The van der Waals surface area contributed by atoms with Crippen LogP contribution in [0, 0.1) is 15.9 Å². The van der Waals surface area contributed by atoms with Gasteiger partial charge in [0.05, 0.1) is 15.6 Å². The molecule has 0 fully saturated rings. The topological polar surface area (TPSA) is 90.1 Å². The minimum absolute atomic E-state index is 0.0398. The van der Waals surface area contributed by atoms with E-state index in [0.717, 1.165) is 4.47 Å². The Bertz CT molecular complexity index is 1060. The number of nitrogens with one attached hydrogen (secondary N) is 1. The molecule has 0 aliphatic heterocycles. The van der Waals surface area contributed by atoms with Gasteiger partial charge < -0.3 is 5.32 Å². The molecule has 1 amide bonds. The average molecular weight is 445 g/mol. The summed E-state index contributed by atoms with van der Waals surface area (Å²) in [5, 5.41) is 17.4. The van der Waals surface area contributed by atoms with Gasteiger partial charge in [-0.05, 0) is 45.3 Å². The third-order valence-electron chi connectivity index (χ3n) is 3.78. The van der Waals surface area contributed by atoms with Crippen LogP contribution in [0.5, 0.6) is 0 Å². The zero-order valence-corrected chi connectivity index (χ0v) is 16.0. The van der Waals surface area contributed by atoms with Gasteiger partial charge in [-0.3, -0.25) is 14.9 Å². The highest BCUT2D eigenvalue weighted by Gasteiger charge is 2.08. The third-order valence-corrected chi connectivity index (χ3v) is 4.19. The lowest BCUT2D eigenvalue weighted by Gasteiger charge is -2.04. The summed E-state index contributed by atoms with van der Waals surface area (Å²) in [5.41, 5.74) is 1.37. The molecule has 0 saturated carbocycles. The second-order valence-electron chi connectivity index (χ2n) is 5.79. The number of hydrogen-bond donors (Lipinski definition) is 1. The van der Waals surface area contributed by atoms with Crippen LogP contribution in [0.15, 0.2) is 65.4 Å². The molecular weight excluding hydrogens is 431 g/mol. The molecule has 2 aromatic carbocycles. The average Bonchev–Trinajstić information content (AvgIpc) is 3.11. The Kier molecular flexibility index (Phi) is 5.95. The highest BCUT2D eigenvalue weighted by atomic mass is 79.9. The van der Waals surface area contributed by atoms with Crippen molar-refractivity contribution in [3.05, 3.63) is 92.5 Å². The molecule has 3 rings (SSSR count). The molecule has 1 heterocycles. The Morgan fingerprint density at radius 3 is 2.82 bits per heavy atom. The van der Waals surface area contributed by atoms with Gasteiger partial charge in [-0.1, -0.05) is 18.2 Å². The Hall–Kier alpha value is -3.33. The number of nitro benzene ring substituents is 1. The van der Waals surface area contributed by atoms with Gasteiger partial charge in [-0.2, -0.15) is 5.10 Å². The number of benzene rings is 2. The Morgan fingerprint density at radius 2 is 2.14 bits per heavy atom. The number of non-ortho nitro benzene ring substituents is 1. The Labute approximate surface area is 167 Å². The van der Waals surface area contributed by atoms with E-state index in [-0.39, 0.29) is 17.9 Å². The largest absolute Gasteiger partial charge is 0.348 e. The van der Waals surface area contributed by atoms with Crippen molar-refractivity contribution in [3.63, 3.8) is 0 Å². The van der Waals surface area contributed by atoms with Crippen molar-refractivity contribution in [2.24, 2.45) is 0 Å². The van der Waals surface area contributed by atoms with Gasteiger partial charge in [-0.15, -0.1) is 0 Å². The number of halogens is 2. The lowest BCUT2D eigenvalue weighted by Crippen LogP contribution is -2.20. The number of aromatic nitrogens is 2. The first-order valence-corrected chi connectivity index (χ1v) is 8.91. The molecule has 0 saturated heterocycles. The van der Waals surface area contributed by atoms with Crippen molar-refractivity contribution >= 4 is 33.6 Å². The number of amides is 1. The molecule has 0 radical (unpaired) electrons. The zero-order valence-electron chi connectivity index (χ0n) is 14.4. The zero-order chi connectivity index (χ0) is 20.1. The molecule has 142 valence electrons. The van der Waals surface area contributed by atoms with E-state index in [2.05, 4.69) is 26.3 Å². The molecule has 0 aliphatic carbocycles. The van der Waals surface area contributed by atoms with E-state index in [4.69, 9.17) is 0 Å². The van der Waals surface area contributed by atoms with Crippen molar-refractivity contribution in [1.29, 1.82) is 0 Å². The van der Waals surface area contributed by atoms with Crippen molar-refractivity contribution < 1.29 is 14.1 Å². The minimum atomic E-state index is -0.495. The maximum Gasteiger partial charge on any atom is 0.269 e. The lowest BCUT2D eigenvalue weighted by molar-refractivity contribution is -0.384. The van der Waals surface area contributed by atoms with E-state index >= 15 is 0 Å². The maximum atomic E-state index is 14.3. The molecule has 0 spiro atoms. The molecule has 0 aliphatic rings. The van der Waals surface area contributed by atoms with Crippen LogP contribution in [0.25, 0.3) is 11.8 Å². The standard InChI is InChI=1S/C19H14BrFN4O3/c20-15-11-23-24(12-15)18-6-4-13(9-17(18)21)5-7-19(26)22-10-14-2-1-3-16(8-14)25(27)28/h1-9,11-12H,10H2,(H,22,26)/b7-5+. The molecule has 0 bridgehead atoms. The first kappa shape index (κ1) is 19.4. The summed E-state index contributed by atoms with van der Waals surface area (Å²) in [6.45, 7) is 0.145. The number of carbonyl (C=O) groups excluding carboxylic acids is 1. The van der Waals surface area contributed by atoms with Crippen LogP contribution in [0.4, 0.5) is 10.1 Å². The summed E-state index contributed by atoms with van der Waals surface area (Å²) < 4.78 is 16.4. The number of hydrogen-bond acceptors (Lipinski definition) is 4. The highest BCUT2D eigenvalue weighted by Crippen LogP contribution is 2.18. The number of carbonyl (C=O) groups is 1. The summed E-state index contributed by atoms with van der Waals surface area (Å²) in [4.78, 5) is 22.2. The fraction of sp³-hybridized carbons (Fsp3) is 0.0526. The predicted octanol–water partition coefficient (Wildman–Crippen LogP) is 4.01. The van der Waals surface area contributed by atoms with Crippen LogP contribution in [0.1, 0.15) is 11.1 Å². The molecule has 28 heavy (non-hydrogen) atoms. The first-order chi connectivity index (χ1) is 13.4. The normalized spacial score (nSPS) is 10.9. The fourth-order valence-corrected chi connectivity index (χ4v) is 2.73. The van der Waals surface area contributed by atoms with Crippen LogP contribution in [0.2, 0.25) is 0 Å². The monoisotopic (exact) mass is 444 g/mol. The van der Waals surface area contributed by atoms with Gasteiger partial charge in [0, 0.05) is 31.0 Å². The van der Waals surface area contributed by atoms with E-state index < -0.39 is 16.6 Å². The summed E-state index contributed by atoms with van der Waals surface area (Å²) in [7, 11) is 0. The number of nitro groups is 1. The second-order valence-corrected chi connectivity index (χ2v) is 6.71. The summed E-state index contributed by atoms with van der Waals surface area (Å²) >= 11 is 3.26. The molecule has 7 nitrogen and oxygen atoms in total. The van der Waals surface area contributed by atoms with Crippen LogP contribution in [-0.2, 0) is 11.3 Å². The third kappa shape index (κ3) is 4.89. The van der Waals surface area contributed by atoms with Crippen LogP contribution < -0.4 is 5.32 Å². The van der Waals surface area contributed by atoms with E-state index in [1.165, 1.54) is 35.0 Å². The summed E-state index contributed by atoms with van der Waals surface area (Å²) in [5.74, 6) is -0.873. The van der Waals surface area contributed by atoms with Crippen molar-refractivity contribution in [2.75, 3.05) is 0 Å². The quantitative estimate of drug-likeness (QED) is 0.353. The van der Waals surface area contributed by atoms with Crippen molar-refractivity contribution in [3.8, 4) is 5.69 Å². The molecule has 3 aromatic rings. The fourth-order valence-electron chi connectivity index (χ4n) is 2.45. The maximum absolute atomic E-state index is 14.3. The molecular formula is C19H14BrFN4O3. The SMILES string of the molecule is O=C(/C=C/c1ccc(-n2cc(Br)cn2)c(F)c1)NCc1cccc([N+](=O)[O-])c1. The van der Waals surface area contributed by atoms with Gasteiger partial charge in [0.1, 0.15) is 11.5 Å². The van der Waals surface area contributed by atoms with Crippen LogP contribution in [-0.4, -0.2) is 20.6 Å². The minimum Gasteiger partial charge on any atom is -0.348 e. The van der Waals surface area contributed by atoms with Gasteiger partial charge in [0.2, 0.25) is 5.91 Å². The lowest BCUT2D eigenvalue weighted by atomic mass is 10.1. The summed E-state index contributed by atoms with van der Waals surface area (Å²) in [6, 6.07) is 10.5. The smallest absolute Gasteiger partial charge is 0.269 e. The van der Waals surface area contributed by atoms with Gasteiger partial charge in [-0.25, -0.2) is 9.07 Å². The Balaban J connectivity index is 1.62. The second kappa shape index (κ2) is 8.57. The van der Waals surface area contributed by atoms with E-state index in [0.29, 0.717) is 11.1 Å². The molecule has 1 aromatic heterocycles. The van der Waals surface area contributed by atoms with Crippen LogP contribution >= 0.6 is 15.9 Å². The van der Waals surface area contributed by atoms with E-state index in [9.17, 15) is 19.3 Å². The highest BCUT2D eigenvalue weighted by molar-refractivity contribution is 9.10. The predicted molar refractivity (Wildman–Crippen MR) is 105 cm³/mol. The van der Waals surface area contributed by atoms with Crippen molar-refractivity contribution in [1.82, 2.24) is 15.1 Å². The van der Waals surface area contributed by atoms with E-state index in [1.54, 1.807) is 36.7 Å². The van der Waals surface area contributed by atoms with Crippen molar-refractivity contribution in [2.45, 2.75) is 6.54 Å². The first-order valence-electron chi connectivity index (χ1n) is 8.12.